The number of aryl methyl sites for hydroxylation is 1. The molecule has 1 aromatic heterocycles. The number of rotatable bonds is 6. The van der Waals surface area contributed by atoms with Gasteiger partial charge in [0.15, 0.2) is 11.8 Å². The van der Waals surface area contributed by atoms with Crippen molar-refractivity contribution in [2.24, 2.45) is 12.0 Å². The first-order valence-electron chi connectivity index (χ1n) is 9.26. The van der Waals surface area contributed by atoms with Crippen molar-refractivity contribution in [3.8, 4) is 0 Å². The Kier molecular flexibility index (Phi) is 6.20. The predicted molar refractivity (Wildman–Crippen MR) is 100 cm³/mol. The van der Waals surface area contributed by atoms with E-state index in [9.17, 15) is 4.39 Å². The van der Waals surface area contributed by atoms with Crippen molar-refractivity contribution in [2.75, 3.05) is 6.54 Å². The van der Waals surface area contributed by atoms with Crippen LogP contribution in [0.3, 0.4) is 0 Å². The fourth-order valence-electron chi connectivity index (χ4n) is 3.17. The van der Waals surface area contributed by atoms with E-state index in [2.05, 4.69) is 25.8 Å². The van der Waals surface area contributed by atoms with Gasteiger partial charge in [-0.05, 0) is 43.9 Å². The molecule has 1 aliphatic carbocycles. The molecular weight excluding hydrogens is 331 g/mol. The van der Waals surface area contributed by atoms with E-state index in [0.717, 1.165) is 29.6 Å². The first-order chi connectivity index (χ1) is 12.6. The molecule has 0 atom stereocenters. The first kappa shape index (κ1) is 18.4. The number of nitrogens with one attached hydrogen (secondary N) is 2. The van der Waals surface area contributed by atoms with Gasteiger partial charge in [0.25, 0.3) is 0 Å². The molecule has 0 spiro atoms. The molecule has 3 rings (SSSR count). The Morgan fingerprint density at radius 1 is 1.31 bits per heavy atom. The van der Waals surface area contributed by atoms with E-state index in [1.54, 1.807) is 12.1 Å². The van der Waals surface area contributed by atoms with Crippen LogP contribution in [0.4, 0.5) is 4.39 Å². The maximum absolute atomic E-state index is 13.3. The van der Waals surface area contributed by atoms with Crippen molar-refractivity contribution in [1.29, 1.82) is 0 Å². The van der Waals surface area contributed by atoms with Crippen molar-refractivity contribution in [3.05, 3.63) is 47.3 Å². The van der Waals surface area contributed by atoms with Gasteiger partial charge >= 0.3 is 0 Å². The summed E-state index contributed by atoms with van der Waals surface area (Å²) in [5.41, 5.74) is 0.974. The number of guanidine groups is 1. The Hall–Kier alpha value is -2.44. The van der Waals surface area contributed by atoms with Crippen molar-refractivity contribution >= 4 is 5.96 Å². The molecule has 1 aromatic carbocycles. The minimum atomic E-state index is -0.196. The standard InChI is InChI=1S/C19H27FN6/c1-14-24-25-18(26(14)2)13-22-19(23-17-8-3-4-9-17)21-11-10-15-6-5-7-16(20)12-15/h5-7,12,17H,3-4,8-11,13H2,1-2H3,(H2,21,22,23). The highest BCUT2D eigenvalue weighted by Gasteiger charge is 2.16. The lowest BCUT2D eigenvalue weighted by Crippen LogP contribution is -2.43. The highest BCUT2D eigenvalue weighted by molar-refractivity contribution is 5.80. The summed E-state index contributed by atoms with van der Waals surface area (Å²) in [7, 11) is 1.95. The van der Waals surface area contributed by atoms with Crippen LogP contribution in [0.15, 0.2) is 29.3 Å². The first-order valence-corrected chi connectivity index (χ1v) is 9.26. The largest absolute Gasteiger partial charge is 0.356 e. The molecule has 26 heavy (non-hydrogen) atoms. The highest BCUT2D eigenvalue weighted by Crippen LogP contribution is 2.17. The lowest BCUT2D eigenvalue weighted by molar-refractivity contribution is 0.609. The smallest absolute Gasteiger partial charge is 0.191 e. The summed E-state index contributed by atoms with van der Waals surface area (Å²) in [6, 6.07) is 7.19. The molecule has 1 fully saturated rings. The second-order valence-electron chi connectivity index (χ2n) is 6.82. The summed E-state index contributed by atoms with van der Waals surface area (Å²) in [5.74, 6) is 2.30. The third-order valence-corrected chi connectivity index (χ3v) is 4.85. The minimum absolute atomic E-state index is 0.196. The number of benzene rings is 1. The van der Waals surface area contributed by atoms with Gasteiger partial charge in [-0.1, -0.05) is 25.0 Å². The number of aliphatic imine (C=N–C) groups is 1. The molecule has 0 saturated heterocycles. The molecule has 1 saturated carbocycles. The molecule has 0 bridgehead atoms. The molecule has 2 N–H and O–H groups in total. The summed E-state index contributed by atoms with van der Waals surface area (Å²) < 4.78 is 15.2. The van der Waals surface area contributed by atoms with Crippen LogP contribution in [0.2, 0.25) is 0 Å². The van der Waals surface area contributed by atoms with Crippen LogP contribution in [0, 0.1) is 12.7 Å². The van der Waals surface area contributed by atoms with E-state index in [1.165, 1.54) is 31.7 Å². The maximum Gasteiger partial charge on any atom is 0.191 e. The molecular formula is C19H27FN6. The molecule has 0 unspecified atom stereocenters. The van der Waals surface area contributed by atoms with Gasteiger partial charge in [0, 0.05) is 19.6 Å². The van der Waals surface area contributed by atoms with Crippen LogP contribution in [0.25, 0.3) is 0 Å². The Balaban J connectivity index is 1.60. The molecule has 1 aliphatic rings. The van der Waals surface area contributed by atoms with Crippen LogP contribution in [-0.2, 0) is 20.0 Å². The predicted octanol–water partition coefficient (Wildman–Crippen LogP) is 2.48. The third-order valence-electron chi connectivity index (χ3n) is 4.85. The number of hydrogen-bond acceptors (Lipinski definition) is 3. The van der Waals surface area contributed by atoms with Gasteiger partial charge in [-0.15, -0.1) is 10.2 Å². The molecule has 2 aromatic rings. The lowest BCUT2D eigenvalue weighted by atomic mass is 10.1. The zero-order valence-corrected chi connectivity index (χ0v) is 15.5. The van der Waals surface area contributed by atoms with Gasteiger partial charge in [0.05, 0.1) is 0 Å². The number of aromatic nitrogens is 3. The molecule has 0 aliphatic heterocycles. The average Bonchev–Trinajstić information content (AvgIpc) is 3.24. The Labute approximate surface area is 153 Å². The molecule has 6 nitrogen and oxygen atoms in total. The van der Waals surface area contributed by atoms with Gasteiger partial charge in [-0.25, -0.2) is 9.38 Å². The summed E-state index contributed by atoms with van der Waals surface area (Å²) in [6.07, 6.45) is 5.61. The van der Waals surface area contributed by atoms with Crippen molar-refractivity contribution in [1.82, 2.24) is 25.4 Å². The molecule has 1 heterocycles. The van der Waals surface area contributed by atoms with E-state index in [0.29, 0.717) is 19.1 Å². The maximum atomic E-state index is 13.3. The van der Waals surface area contributed by atoms with Gasteiger partial charge in [0.1, 0.15) is 18.2 Å². The van der Waals surface area contributed by atoms with Crippen molar-refractivity contribution < 1.29 is 4.39 Å². The summed E-state index contributed by atoms with van der Waals surface area (Å²) in [6.45, 7) is 3.09. The van der Waals surface area contributed by atoms with Crippen LogP contribution in [0.1, 0.15) is 42.9 Å². The van der Waals surface area contributed by atoms with Gasteiger partial charge in [-0.3, -0.25) is 0 Å². The second-order valence-corrected chi connectivity index (χ2v) is 6.82. The zero-order chi connectivity index (χ0) is 18.4. The fourth-order valence-corrected chi connectivity index (χ4v) is 3.17. The SMILES string of the molecule is Cc1nnc(CN=C(NCCc2cccc(F)c2)NC2CCCC2)n1C. The van der Waals surface area contributed by atoms with Crippen LogP contribution < -0.4 is 10.6 Å². The number of hydrogen-bond donors (Lipinski definition) is 2. The van der Waals surface area contributed by atoms with Crippen LogP contribution >= 0.6 is 0 Å². The highest BCUT2D eigenvalue weighted by atomic mass is 19.1. The van der Waals surface area contributed by atoms with Gasteiger partial charge < -0.3 is 15.2 Å². The van der Waals surface area contributed by atoms with Gasteiger partial charge in [0.2, 0.25) is 0 Å². The van der Waals surface area contributed by atoms with E-state index in [1.807, 2.05) is 24.6 Å². The molecule has 0 amide bonds. The molecule has 7 heteroatoms. The van der Waals surface area contributed by atoms with E-state index in [-0.39, 0.29) is 5.82 Å². The summed E-state index contributed by atoms with van der Waals surface area (Å²) in [4.78, 5) is 4.68. The van der Waals surface area contributed by atoms with E-state index in [4.69, 9.17) is 0 Å². The average molecular weight is 358 g/mol. The zero-order valence-electron chi connectivity index (χ0n) is 15.5. The fraction of sp³-hybridized carbons (Fsp3) is 0.526. The molecule has 0 radical (unpaired) electrons. The van der Waals surface area contributed by atoms with Crippen molar-refractivity contribution in [2.45, 2.75) is 51.6 Å². The minimum Gasteiger partial charge on any atom is -0.356 e. The van der Waals surface area contributed by atoms with Crippen LogP contribution in [0.5, 0.6) is 0 Å². The van der Waals surface area contributed by atoms with Crippen molar-refractivity contribution in [3.63, 3.8) is 0 Å². The summed E-state index contributed by atoms with van der Waals surface area (Å²) >= 11 is 0. The third kappa shape index (κ3) is 5.03. The Morgan fingerprint density at radius 3 is 2.81 bits per heavy atom. The quantitative estimate of drug-likeness (QED) is 0.615. The Bertz CT molecular complexity index is 748. The van der Waals surface area contributed by atoms with Crippen LogP contribution in [-0.4, -0.2) is 33.3 Å². The molecule has 140 valence electrons. The number of halogens is 1. The number of nitrogens with zero attached hydrogens (tertiary/aromatic N) is 4. The second kappa shape index (κ2) is 8.78. The van der Waals surface area contributed by atoms with E-state index >= 15 is 0 Å². The lowest BCUT2D eigenvalue weighted by Gasteiger charge is -2.17. The van der Waals surface area contributed by atoms with E-state index < -0.39 is 0 Å². The monoisotopic (exact) mass is 358 g/mol. The Morgan fingerprint density at radius 2 is 2.12 bits per heavy atom. The normalized spacial score (nSPS) is 15.4. The summed E-state index contributed by atoms with van der Waals surface area (Å²) in [5, 5.41) is 15.1. The van der Waals surface area contributed by atoms with Gasteiger partial charge in [-0.2, -0.15) is 0 Å². The topological polar surface area (TPSA) is 67.1 Å².